The third-order valence-electron chi connectivity index (χ3n) is 5.78. The second kappa shape index (κ2) is 10.2. The van der Waals surface area contributed by atoms with Gasteiger partial charge in [0.1, 0.15) is 0 Å². The molecule has 2 saturated heterocycles. The molecule has 2 fully saturated rings. The summed E-state index contributed by atoms with van der Waals surface area (Å²) in [7, 11) is 0. The minimum absolute atomic E-state index is 0.139. The van der Waals surface area contributed by atoms with Gasteiger partial charge in [-0.25, -0.2) is 0 Å². The quantitative estimate of drug-likeness (QED) is 0.660. The van der Waals surface area contributed by atoms with Crippen molar-refractivity contribution in [3.63, 3.8) is 0 Å². The van der Waals surface area contributed by atoms with Gasteiger partial charge in [-0.05, 0) is 49.8 Å². The molecule has 164 valence electrons. The van der Waals surface area contributed by atoms with Crippen molar-refractivity contribution >= 4 is 29.3 Å². The first-order chi connectivity index (χ1) is 15.1. The Kier molecular flexibility index (Phi) is 7.10. The van der Waals surface area contributed by atoms with E-state index >= 15 is 0 Å². The molecule has 0 radical (unpaired) electrons. The monoisotopic (exact) mass is 440 g/mol. The fourth-order valence-electron chi connectivity index (χ4n) is 3.98. The summed E-state index contributed by atoms with van der Waals surface area (Å²) in [6.07, 6.45) is 4.59. The summed E-state index contributed by atoms with van der Waals surface area (Å²) in [4.78, 5) is 14.8. The van der Waals surface area contributed by atoms with E-state index in [9.17, 15) is 4.79 Å². The lowest BCUT2D eigenvalue weighted by atomic mass is 10.00. The molecule has 0 aliphatic carbocycles. The van der Waals surface area contributed by atoms with E-state index in [1.807, 2.05) is 0 Å². The average molecular weight is 441 g/mol. The molecule has 9 heteroatoms. The van der Waals surface area contributed by atoms with E-state index in [4.69, 9.17) is 10.00 Å². The van der Waals surface area contributed by atoms with Gasteiger partial charge in [0.2, 0.25) is 11.9 Å². The van der Waals surface area contributed by atoms with Crippen LogP contribution in [0.2, 0.25) is 0 Å². The van der Waals surface area contributed by atoms with Crippen LogP contribution in [0.4, 0.5) is 11.6 Å². The van der Waals surface area contributed by atoms with Crippen molar-refractivity contribution in [1.82, 2.24) is 14.8 Å². The molecule has 0 unspecified atom stereocenters. The number of anilines is 2. The van der Waals surface area contributed by atoms with Crippen LogP contribution in [0.1, 0.15) is 38.2 Å². The van der Waals surface area contributed by atoms with Crippen molar-refractivity contribution in [3.05, 3.63) is 29.8 Å². The molecule has 1 atom stereocenters. The third-order valence-corrected chi connectivity index (χ3v) is 6.75. The normalized spacial score (nSPS) is 19.4. The number of amides is 1. The van der Waals surface area contributed by atoms with E-state index in [-0.39, 0.29) is 17.8 Å². The zero-order valence-electron chi connectivity index (χ0n) is 17.8. The number of aromatic nitrogens is 3. The van der Waals surface area contributed by atoms with Gasteiger partial charge in [-0.3, -0.25) is 9.36 Å². The van der Waals surface area contributed by atoms with Crippen molar-refractivity contribution < 1.29 is 9.53 Å². The summed E-state index contributed by atoms with van der Waals surface area (Å²) in [5.74, 6) is 1.70. The maximum atomic E-state index is 12.5. The van der Waals surface area contributed by atoms with Gasteiger partial charge >= 0.3 is 0 Å². The first-order valence-corrected chi connectivity index (χ1v) is 11.8. The Morgan fingerprint density at radius 1 is 1.32 bits per heavy atom. The third kappa shape index (κ3) is 5.57. The predicted octanol–water partition coefficient (Wildman–Crippen LogP) is 3.30. The SMILES string of the molecule is CC1CCN(c2nnc(SCC(=O)Nc3cccc(C#N)c3)n2C[C@@H]2CCCO2)CC1. The van der Waals surface area contributed by atoms with Crippen LogP contribution in [-0.2, 0) is 16.1 Å². The number of hydrogen-bond donors (Lipinski definition) is 1. The molecule has 0 spiro atoms. The maximum absolute atomic E-state index is 12.5. The molecule has 1 amide bonds. The summed E-state index contributed by atoms with van der Waals surface area (Å²) < 4.78 is 7.98. The topological polar surface area (TPSA) is 96.1 Å². The van der Waals surface area contributed by atoms with Crippen molar-refractivity contribution in [2.45, 2.75) is 50.4 Å². The first kappa shape index (κ1) is 21.7. The summed E-state index contributed by atoms with van der Waals surface area (Å²) in [5, 5.41) is 21.5. The highest BCUT2D eigenvalue weighted by Crippen LogP contribution is 2.28. The molecule has 2 aliphatic heterocycles. The lowest BCUT2D eigenvalue weighted by Crippen LogP contribution is -2.35. The highest BCUT2D eigenvalue weighted by molar-refractivity contribution is 7.99. The number of ether oxygens (including phenoxy) is 1. The minimum atomic E-state index is -0.139. The van der Waals surface area contributed by atoms with E-state index < -0.39 is 0 Å². The first-order valence-electron chi connectivity index (χ1n) is 10.8. The molecular formula is C22H28N6O2S. The van der Waals surface area contributed by atoms with Crippen LogP contribution in [0, 0.1) is 17.2 Å². The number of hydrogen-bond acceptors (Lipinski definition) is 7. The molecule has 0 saturated carbocycles. The number of nitrogens with zero attached hydrogens (tertiary/aromatic N) is 5. The van der Waals surface area contributed by atoms with Gasteiger partial charge < -0.3 is 15.0 Å². The van der Waals surface area contributed by atoms with E-state index in [1.54, 1.807) is 24.3 Å². The lowest BCUT2D eigenvalue weighted by molar-refractivity contribution is -0.113. The van der Waals surface area contributed by atoms with E-state index in [1.165, 1.54) is 11.8 Å². The van der Waals surface area contributed by atoms with Gasteiger partial charge in [0.05, 0.1) is 30.0 Å². The lowest BCUT2D eigenvalue weighted by Gasteiger charge is -2.31. The molecule has 31 heavy (non-hydrogen) atoms. The number of piperidine rings is 1. The Hall–Kier alpha value is -2.57. The van der Waals surface area contributed by atoms with Crippen LogP contribution in [0.5, 0.6) is 0 Å². The van der Waals surface area contributed by atoms with E-state index in [0.29, 0.717) is 17.8 Å². The van der Waals surface area contributed by atoms with Gasteiger partial charge in [-0.2, -0.15) is 5.26 Å². The molecule has 0 bridgehead atoms. The Labute approximate surface area is 187 Å². The number of thioether (sulfide) groups is 1. The molecular weight excluding hydrogens is 412 g/mol. The smallest absolute Gasteiger partial charge is 0.234 e. The van der Waals surface area contributed by atoms with Gasteiger partial charge in [0, 0.05) is 25.4 Å². The number of nitriles is 1. The van der Waals surface area contributed by atoms with Crippen LogP contribution in [0.15, 0.2) is 29.4 Å². The minimum Gasteiger partial charge on any atom is -0.376 e. The van der Waals surface area contributed by atoms with E-state index in [0.717, 1.165) is 62.4 Å². The summed E-state index contributed by atoms with van der Waals surface area (Å²) in [5.41, 5.74) is 1.14. The van der Waals surface area contributed by atoms with Crippen molar-refractivity contribution in [2.24, 2.45) is 5.92 Å². The van der Waals surface area contributed by atoms with Crippen LogP contribution in [-0.4, -0.2) is 52.2 Å². The summed E-state index contributed by atoms with van der Waals surface area (Å²) in [6.45, 7) is 5.76. The highest BCUT2D eigenvalue weighted by Gasteiger charge is 2.26. The molecule has 1 aromatic carbocycles. The molecule has 8 nitrogen and oxygen atoms in total. The van der Waals surface area contributed by atoms with Crippen LogP contribution >= 0.6 is 11.8 Å². The Bertz CT molecular complexity index is 942. The second-order valence-corrected chi connectivity index (χ2v) is 9.17. The molecule has 1 aromatic heterocycles. The zero-order valence-corrected chi connectivity index (χ0v) is 18.6. The number of carbonyl (C=O) groups excluding carboxylic acids is 1. The predicted molar refractivity (Wildman–Crippen MR) is 120 cm³/mol. The number of carbonyl (C=O) groups is 1. The number of rotatable bonds is 7. The van der Waals surface area contributed by atoms with Crippen molar-refractivity contribution in [2.75, 3.05) is 35.7 Å². The fourth-order valence-corrected chi connectivity index (χ4v) is 4.72. The van der Waals surface area contributed by atoms with Crippen molar-refractivity contribution in [3.8, 4) is 6.07 Å². The molecule has 3 heterocycles. The van der Waals surface area contributed by atoms with Gasteiger partial charge in [-0.1, -0.05) is 24.8 Å². The standard InChI is InChI=1S/C22H28N6O2S/c1-16-7-9-27(10-8-16)21-25-26-22(28(21)14-19-6-3-11-30-19)31-15-20(29)24-18-5-2-4-17(12-18)13-23/h2,4-5,12,16,19H,3,6-11,14-15H2,1H3,(H,24,29)/t19-/m0/s1. The summed E-state index contributed by atoms with van der Waals surface area (Å²) in [6, 6.07) is 8.99. The van der Waals surface area contributed by atoms with Crippen LogP contribution in [0.25, 0.3) is 0 Å². The van der Waals surface area contributed by atoms with Crippen LogP contribution < -0.4 is 10.2 Å². The maximum Gasteiger partial charge on any atom is 0.234 e. The fraction of sp³-hybridized carbons (Fsp3) is 0.545. The van der Waals surface area contributed by atoms with E-state index in [2.05, 4.69) is 38.0 Å². The Balaban J connectivity index is 1.43. The van der Waals surface area contributed by atoms with Gasteiger partial charge in [0.25, 0.3) is 0 Å². The summed E-state index contributed by atoms with van der Waals surface area (Å²) >= 11 is 1.38. The average Bonchev–Trinajstić information content (AvgIpc) is 3.43. The van der Waals surface area contributed by atoms with Crippen molar-refractivity contribution in [1.29, 1.82) is 5.26 Å². The van der Waals surface area contributed by atoms with Gasteiger partial charge in [0.15, 0.2) is 5.16 Å². The zero-order chi connectivity index (χ0) is 21.6. The van der Waals surface area contributed by atoms with Gasteiger partial charge in [-0.15, -0.1) is 10.2 Å². The molecule has 2 aromatic rings. The largest absolute Gasteiger partial charge is 0.376 e. The molecule has 4 rings (SSSR count). The Morgan fingerprint density at radius 2 is 2.16 bits per heavy atom. The molecule has 1 N–H and O–H groups in total. The highest BCUT2D eigenvalue weighted by atomic mass is 32.2. The second-order valence-electron chi connectivity index (χ2n) is 8.23. The van der Waals surface area contributed by atoms with Crippen LogP contribution in [0.3, 0.4) is 0 Å². The molecule has 2 aliphatic rings. The number of nitrogens with one attached hydrogen (secondary N) is 1. The Morgan fingerprint density at radius 3 is 2.90 bits per heavy atom. The number of benzene rings is 1.